The topological polar surface area (TPSA) is 20.2 Å². The molecular formula is C16H16ClFOS. The van der Waals surface area contributed by atoms with E-state index in [1.807, 2.05) is 25.1 Å². The van der Waals surface area contributed by atoms with Crippen molar-refractivity contribution < 1.29 is 9.50 Å². The average Bonchev–Trinajstić information content (AvgIpc) is 2.41. The molecule has 4 heteroatoms. The van der Waals surface area contributed by atoms with E-state index in [1.54, 1.807) is 17.8 Å². The Bertz CT molecular complexity index is 588. The van der Waals surface area contributed by atoms with Crippen LogP contribution in [0.15, 0.2) is 47.4 Å². The normalized spacial score (nSPS) is 12.4. The highest BCUT2D eigenvalue weighted by atomic mass is 35.5. The average molecular weight is 311 g/mol. The second kappa shape index (κ2) is 7.11. The van der Waals surface area contributed by atoms with Gasteiger partial charge in [-0.2, -0.15) is 0 Å². The smallest absolute Gasteiger partial charge is 0.126 e. The van der Waals surface area contributed by atoms with E-state index in [0.717, 1.165) is 4.90 Å². The van der Waals surface area contributed by atoms with Gasteiger partial charge in [0.25, 0.3) is 0 Å². The molecule has 0 amide bonds. The fraction of sp³-hybridized carbons (Fsp3) is 0.250. The van der Waals surface area contributed by atoms with Gasteiger partial charge in [0.2, 0.25) is 0 Å². The van der Waals surface area contributed by atoms with Crippen LogP contribution in [0.3, 0.4) is 0 Å². The Morgan fingerprint density at radius 2 is 2.05 bits per heavy atom. The molecule has 0 saturated heterocycles. The summed E-state index contributed by atoms with van der Waals surface area (Å²) in [6.45, 7) is 2.03. The molecule has 106 valence electrons. The number of hydrogen-bond acceptors (Lipinski definition) is 2. The maximum atomic E-state index is 13.6. The summed E-state index contributed by atoms with van der Waals surface area (Å²) in [6, 6.07) is 12.5. The summed E-state index contributed by atoms with van der Waals surface area (Å²) < 4.78 is 13.6. The van der Waals surface area contributed by atoms with Gasteiger partial charge in [-0.25, -0.2) is 4.39 Å². The SMILES string of the molecule is Cc1cccc(SCC(O)Cc2cc(Cl)ccc2F)c1. The van der Waals surface area contributed by atoms with Crippen LogP contribution >= 0.6 is 23.4 Å². The van der Waals surface area contributed by atoms with E-state index in [9.17, 15) is 9.50 Å². The van der Waals surface area contributed by atoms with Crippen molar-refractivity contribution in [3.8, 4) is 0 Å². The molecule has 0 spiro atoms. The van der Waals surface area contributed by atoms with Crippen LogP contribution in [0.1, 0.15) is 11.1 Å². The number of rotatable bonds is 5. The lowest BCUT2D eigenvalue weighted by Gasteiger charge is -2.11. The third-order valence-electron chi connectivity index (χ3n) is 2.90. The Labute approximate surface area is 127 Å². The van der Waals surface area contributed by atoms with Crippen molar-refractivity contribution in [2.45, 2.75) is 24.3 Å². The van der Waals surface area contributed by atoms with Gasteiger partial charge in [0.15, 0.2) is 0 Å². The first-order valence-corrected chi connectivity index (χ1v) is 7.72. The highest BCUT2D eigenvalue weighted by Gasteiger charge is 2.11. The minimum absolute atomic E-state index is 0.269. The van der Waals surface area contributed by atoms with Crippen LogP contribution in [-0.2, 0) is 6.42 Å². The predicted octanol–water partition coefficient (Wildman–Crippen LogP) is 4.48. The molecule has 1 nitrogen and oxygen atoms in total. The molecule has 0 radical (unpaired) electrons. The second-order valence-corrected chi connectivity index (χ2v) is 6.25. The maximum absolute atomic E-state index is 13.6. The Balaban J connectivity index is 1.92. The highest BCUT2D eigenvalue weighted by molar-refractivity contribution is 7.99. The first kappa shape index (κ1) is 15.4. The summed E-state index contributed by atoms with van der Waals surface area (Å²) in [7, 11) is 0. The molecule has 0 bridgehead atoms. The van der Waals surface area contributed by atoms with Crippen LogP contribution in [-0.4, -0.2) is 17.0 Å². The van der Waals surface area contributed by atoms with Crippen molar-refractivity contribution in [1.29, 1.82) is 0 Å². The fourth-order valence-corrected chi connectivity index (χ4v) is 3.05. The summed E-state index contributed by atoms with van der Waals surface area (Å²) in [5.41, 5.74) is 1.64. The molecule has 0 aliphatic carbocycles. The number of aliphatic hydroxyl groups excluding tert-OH is 1. The van der Waals surface area contributed by atoms with Crippen molar-refractivity contribution in [1.82, 2.24) is 0 Å². The molecule has 0 aliphatic heterocycles. The van der Waals surface area contributed by atoms with E-state index in [4.69, 9.17) is 11.6 Å². The second-order valence-electron chi connectivity index (χ2n) is 4.72. The van der Waals surface area contributed by atoms with E-state index in [-0.39, 0.29) is 12.2 Å². The molecule has 0 aliphatic rings. The standard InChI is InChI=1S/C16H16ClFOS/c1-11-3-2-4-15(7-11)20-10-14(19)9-12-8-13(17)5-6-16(12)18/h2-8,14,19H,9-10H2,1H3. The minimum Gasteiger partial charge on any atom is -0.392 e. The zero-order chi connectivity index (χ0) is 14.5. The largest absolute Gasteiger partial charge is 0.392 e. The van der Waals surface area contributed by atoms with Crippen molar-refractivity contribution in [3.63, 3.8) is 0 Å². The van der Waals surface area contributed by atoms with E-state index < -0.39 is 6.10 Å². The van der Waals surface area contributed by atoms with E-state index >= 15 is 0 Å². The van der Waals surface area contributed by atoms with Crippen LogP contribution < -0.4 is 0 Å². The van der Waals surface area contributed by atoms with Gasteiger partial charge in [-0.3, -0.25) is 0 Å². The van der Waals surface area contributed by atoms with E-state index in [1.165, 1.54) is 17.7 Å². The summed E-state index contributed by atoms with van der Waals surface area (Å²) >= 11 is 7.40. The molecule has 0 saturated carbocycles. The molecule has 0 aromatic heterocycles. The first-order chi connectivity index (χ1) is 9.54. The molecular weight excluding hydrogens is 295 g/mol. The highest BCUT2D eigenvalue weighted by Crippen LogP contribution is 2.22. The van der Waals surface area contributed by atoms with Crippen molar-refractivity contribution >= 4 is 23.4 Å². The number of hydrogen-bond donors (Lipinski definition) is 1. The number of halogens is 2. The Morgan fingerprint density at radius 3 is 2.80 bits per heavy atom. The van der Waals surface area contributed by atoms with Gasteiger partial charge >= 0.3 is 0 Å². The van der Waals surface area contributed by atoms with Crippen LogP contribution in [0.4, 0.5) is 4.39 Å². The number of thioether (sulfide) groups is 1. The molecule has 1 N–H and O–H groups in total. The summed E-state index contributed by atoms with van der Waals surface area (Å²) in [5, 5.41) is 10.5. The fourth-order valence-electron chi connectivity index (χ4n) is 1.91. The van der Waals surface area contributed by atoms with E-state index in [2.05, 4.69) is 6.07 Å². The first-order valence-electron chi connectivity index (χ1n) is 6.36. The molecule has 20 heavy (non-hydrogen) atoms. The number of aryl methyl sites for hydroxylation is 1. The monoisotopic (exact) mass is 310 g/mol. The molecule has 1 unspecified atom stereocenters. The number of aliphatic hydroxyl groups is 1. The molecule has 0 fully saturated rings. The van der Waals surface area contributed by atoms with Crippen molar-refractivity contribution in [2.75, 3.05) is 5.75 Å². The number of benzene rings is 2. The third kappa shape index (κ3) is 4.51. The van der Waals surface area contributed by atoms with Gasteiger partial charge in [0.1, 0.15) is 5.82 Å². The molecule has 1 atom stereocenters. The van der Waals surface area contributed by atoms with Crippen LogP contribution in [0.25, 0.3) is 0 Å². The zero-order valence-corrected chi connectivity index (χ0v) is 12.7. The lowest BCUT2D eigenvalue weighted by Crippen LogP contribution is -2.14. The Kier molecular flexibility index (Phi) is 5.46. The lowest BCUT2D eigenvalue weighted by molar-refractivity contribution is 0.198. The predicted molar refractivity (Wildman–Crippen MR) is 83.0 cm³/mol. The van der Waals surface area contributed by atoms with Gasteiger partial charge in [0.05, 0.1) is 6.10 Å². The van der Waals surface area contributed by atoms with Crippen LogP contribution in [0.2, 0.25) is 5.02 Å². The summed E-state index contributed by atoms with van der Waals surface area (Å²) in [4.78, 5) is 1.11. The van der Waals surface area contributed by atoms with Crippen LogP contribution in [0.5, 0.6) is 0 Å². The molecule has 2 aromatic rings. The Hall–Kier alpha value is -1.03. The van der Waals surface area contributed by atoms with Gasteiger partial charge in [-0.05, 0) is 42.8 Å². The summed E-state index contributed by atoms with van der Waals surface area (Å²) in [6.07, 6.45) is -0.334. The van der Waals surface area contributed by atoms with Crippen molar-refractivity contribution in [2.24, 2.45) is 0 Å². The van der Waals surface area contributed by atoms with Gasteiger partial charge in [0, 0.05) is 22.1 Å². The lowest BCUT2D eigenvalue weighted by atomic mass is 10.1. The van der Waals surface area contributed by atoms with E-state index in [0.29, 0.717) is 16.3 Å². The van der Waals surface area contributed by atoms with Crippen molar-refractivity contribution in [3.05, 3.63) is 64.4 Å². The molecule has 2 rings (SSSR count). The van der Waals surface area contributed by atoms with Gasteiger partial charge < -0.3 is 5.11 Å². The molecule has 0 heterocycles. The van der Waals surface area contributed by atoms with Gasteiger partial charge in [-0.1, -0.05) is 29.3 Å². The Morgan fingerprint density at radius 1 is 1.25 bits per heavy atom. The maximum Gasteiger partial charge on any atom is 0.126 e. The summed E-state index contributed by atoms with van der Waals surface area (Å²) in [5.74, 6) is 0.198. The van der Waals surface area contributed by atoms with Crippen LogP contribution in [0, 0.1) is 12.7 Å². The third-order valence-corrected chi connectivity index (χ3v) is 4.27. The van der Waals surface area contributed by atoms with Gasteiger partial charge in [-0.15, -0.1) is 11.8 Å². The molecule has 2 aromatic carbocycles. The quantitative estimate of drug-likeness (QED) is 0.822. The minimum atomic E-state index is -0.603. The zero-order valence-electron chi connectivity index (χ0n) is 11.1.